The number of urea groups is 1. The summed E-state index contributed by atoms with van der Waals surface area (Å²) in [7, 11) is 0. The van der Waals surface area contributed by atoms with Gasteiger partial charge in [-0.05, 0) is 42.8 Å². The van der Waals surface area contributed by atoms with Gasteiger partial charge >= 0.3 is 12.2 Å². The van der Waals surface area contributed by atoms with Gasteiger partial charge in [-0.1, -0.05) is 44.0 Å². The smallest absolute Gasteiger partial charge is 0.308 e. The van der Waals surface area contributed by atoms with Crippen LogP contribution in [0, 0.1) is 0 Å². The molecular formula is C18H13Br2F3N2O2. The number of halogens is 5. The SMILES string of the molecule is C[C@H]1C(=O)N(c2ccc(C(F)(F)F)c(Br)c2)C(=O)N1Cc1ccc(Br)cc1. The highest BCUT2D eigenvalue weighted by atomic mass is 79.9. The molecule has 1 aliphatic rings. The van der Waals surface area contributed by atoms with Crippen LogP contribution in [0.3, 0.4) is 0 Å². The molecule has 1 aliphatic heterocycles. The number of nitrogens with zero attached hydrogens (tertiary/aromatic N) is 2. The van der Waals surface area contributed by atoms with Gasteiger partial charge < -0.3 is 4.90 Å². The Balaban J connectivity index is 1.89. The Morgan fingerprint density at radius 1 is 1.04 bits per heavy atom. The molecule has 1 heterocycles. The van der Waals surface area contributed by atoms with Crippen molar-refractivity contribution < 1.29 is 22.8 Å². The third-order valence-electron chi connectivity index (χ3n) is 4.26. The van der Waals surface area contributed by atoms with Crippen LogP contribution in [0.1, 0.15) is 18.1 Å². The lowest BCUT2D eigenvalue weighted by Gasteiger charge is -2.20. The Morgan fingerprint density at radius 3 is 2.22 bits per heavy atom. The number of hydrogen-bond donors (Lipinski definition) is 0. The van der Waals surface area contributed by atoms with Crippen molar-refractivity contribution in [1.82, 2.24) is 4.90 Å². The topological polar surface area (TPSA) is 40.6 Å². The van der Waals surface area contributed by atoms with Crippen LogP contribution in [0.5, 0.6) is 0 Å². The monoisotopic (exact) mass is 504 g/mol. The molecule has 3 amide bonds. The zero-order valence-corrected chi connectivity index (χ0v) is 17.1. The largest absolute Gasteiger partial charge is 0.417 e. The number of anilines is 1. The van der Waals surface area contributed by atoms with Gasteiger partial charge in [0.25, 0.3) is 5.91 Å². The van der Waals surface area contributed by atoms with Crippen molar-refractivity contribution in [3.63, 3.8) is 0 Å². The van der Waals surface area contributed by atoms with Crippen molar-refractivity contribution >= 4 is 49.5 Å². The number of hydrogen-bond acceptors (Lipinski definition) is 2. The summed E-state index contributed by atoms with van der Waals surface area (Å²) in [5.74, 6) is -0.483. The van der Waals surface area contributed by atoms with E-state index in [2.05, 4.69) is 31.9 Å². The minimum atomic E-state index is -4.53. The molecule has 1 atom stereocenters. The van der Waals surface area contributed by atoms with Crippen LogP contribution in [-0.2, 0) is 17.5 Å². The number of carbonyl (C=O) groups excluding carboxylic acids is 2. The van der Waals surface area contributed by atoms with E-state index < -0.39 is 29.7 Å². The Kier molecular flexibility index (Phi) is 5.36. The van der Waals surface area contributed by atoms with Crippen molar-refractivity contribution in [1.29, 1.82) is 0 Å². The van der Waals surface area contributed by atoms with Gasteiger partial charge in [0.15, 0.2) is 0 Å². The summed E-state index contributed by atoms with van der Waals surface area (Å²) in [5.41, 5.74) is 0.0572. The summed E-state index contributed by atoms with van der Waals surface area (Å²) in [6.07, 6.45) is -4.53. The Hall–Kier alpha value is -1.87. The number of carbonyl (C=O) groups is 2. The van der Waals surface area contributed by atoms with Crippen LogP contribution < -0.4 is 4.90 Å². The molecule has 0 aromatic heterocycles. The van der Waals surface area contributed by atoms with Crippen molar-refractivity contribution in [3.05, 3.63) is 62.5 Å². The fourth-order valence-corrected chi connectivity index (χ4v) is 3.67. The summed E-state index contributed by atoms with van der Waals surface area (Å²) >= 11 is 6.20. The highest BCUT2D eigenvalue weighted by molar-refractivity contribution is 9.10. The second-order valence-corrected chi connectivity index (χ2v) is 7.82. The average Bonchev–Trinajstić information content (AvgIpc) is 2.79. The van der Waals surface area contributed by atoms with E-state index in [0.717, 1.165) is 33.1 Å². The predicted molar refractivity (Wildman–Crippen MR) is 101 cm³/mol. The highest BCUT2D eigenvalue weighted by Crippen LogP contribution is 2.38. The molecule has 0 bridgehead atoms. The summed E-state index contributed by atoms with van der Waals surface area (Å²) in [6, 6.07) is 9.12. The Morgan fingerprint density at radius 2 is 1.67 bits per heavy atom. The number of imide groups is 1. The minimum Gasteiger partial charge on any atom is -0.308 e. The first-order valence-corrected chi connectivity index (χ1v) is 9.44. The van der Waals surface area contributed by atoms with Crippen molar-refractivity contribution in [2.75, 3.05) is 4.90 Å². The van der Waals surface area contributed by atoms with Gasteiger partial charge in [-0.2, -0.15) is 13.2 Å². The molecule has 3 rings (SSSR count). The van der Waals surface area contributed by atoms with Gasteiger partial charge in [0.1, 0.15) is 6.04 Å². The van der Waals surface area contributed by atoms with E-state index in [9.17, 15) is 22.8 Å². The minimum absolute atomic E-state index is 0.0926. The number of alkyl halides is 3. The summed E-state index contributed by atoms with van der Waals surface area (Å²) in [4.78, 5) is 27.7. The summed E-state index contributed by atoms with van der Waals surface area (Å²) in [6.45, 7) is 1.82. The van der Waals surface area contributed by atoms with Gasteiger partial charge in [-0.25, -0.2) is 9.69 Å². The molecule has 0 spiro atoms. The molecule has 2 aromatic carbocycles. The maximum absolute atomic E-state index is 12.9. The zero-order valence-electron chi connectivity index (χ0n) is 13.9. The maximum Gasteiger partial charge on any atom is 0.417 e. The van der Waals surface area contributed by atoms with Crippen LogP contribution in [0.2, 0.25) is 0 Å². The predicted octanol–water partition coefficient (Wildman–Crippen LogP) is 5.59. The van der Waals surface area contributed by atoms with Crippen LogP contribution in [0.15, 0.2) is 51.4 Å². The van der Waals surface area contributed by atoms with Gasteiger partial charge in [0.05, 0.1) is 11.3 Å². The van der Waals surface area contributed by atoms with E-state index in [1.807, 2.05) is 24.3 Å². The van der Waals surface area contributed by atoms with Gasteiger partial charge in [0, 0.05) is 15.5 Å². The van der Waals surface area contributed by atoms with E-state index in [1.54, 1.807) is 6.92 Å². The first-order chi connectivity index (χ1) is 12.6. The van der Waals surface area contributed by atoms with Gasteiger partial charge in [0.2, 0.25) is 0 Å². The molecule has 0 N–H and O–H groups in total. The standard InChI is InChI=1S/C18H13Br2F3N2O2/c1-10-16(26)25(13-6-7-14(15(20)8-13)18(21,22)23)17(27)24(10)9-11-2-4-12(19)5-3-11/h2-8,10H,9H2,1H3/t10-/m0/s1. The van der Waals surface area contributed by atoms with E-state index >= 15 is 0 Å². The molecule has 1 saturated heterocycles. The molecule has 1 fully saturated rings. The van der Waals surface area contributed by atoms with E-state index in [4.69, 9.17) is 0 Å². The average molecular weight is 506 g/mol. The Bertz CT molecular complexity index is 900. The normalized spacial score (nSPS) is 17.8. The lowest BCUT2D eigenvalue weighted by molar-refractivity contribution is -0.138. The first-order valence-electron chi connectivity index (χ1n) is 7.85. The van der Waals surface area contributed by atoms with Crippen LogP contribution in [0.4, 0.5) is 23.7 Å². The molecule has 2 aromatic rings. The van der Waals surface area contributed by atoms with Gasteiger partial charge in [-0.15, -0.1) is 0 Å². The molecule has 27 heavy (non-hydrogen) atoms. The summed E-state index contributed by atoms with van der Waals surface area (Å²) in [5, 5.41) is 0. The van der Waals surface area contributed by atoms with Crippen LogP contribution in [-0.4, -0.2) is 22.9 Å². The molecule has 0 radical (unpaired) electrons. The van der Waals surface area contributed by atoms with E-state index in [1.165, 1.54) is 4.90 Å². The van der Waals surface area contributed by atoms with E-state index in [0.29, 0.717) is 0 Å². The molecule has 0 saturated carbocycles. The van der Waals surface area contributed by atoms with Crippen molar-refractivity contribution in [2.45, 2.75) is 25.7 Å². The first kappa shape index (κ1) is 19.9. The molecule has 4 nitrogen and oxygen atoms in total. The quantitative estimate of drug-likeness (QED) is 0.510. The number of rotatable bonds is 3. The highest BCUT2D eigenvalue weighted by Gasteiger charge is 2.43. The summed E-state index contributed by atoms with van der Waals surface area (Å²) < 4.78 is 39.4. The maximum atomic E-state index is 12.9. The second-order valence-electron chi connectivity index (χ2n) is 6.05. The van der Waals surface area contributed by atoms with Crippen LogP contribution >= 0.6 is 31.9 Å². The molecule has 0 unspecified atom stereocenters. The molecular weight excluding hydrogens is 493 g/mol. The van der Waals surface area contributed by atoms with Crippen molar-refractivity contribution in [2.24, 2.45) is 0 Å². The lowest BCUT2D eigenvalue weighted by atomic mass is 10.2. The van der Waals surface area contributed by atoms with Crippen LogP contribution in [0.25, 0.3) is 0 Å². The second kappa shape index (κ2) is 7.27. The molecule has 0 aliphatic carbocycles. The molecule has 9 heteroatoms. The van der Waals surface area contributed by atoms with Gasteiger partial charge in [-0.3, -0.25) is 4.79 Å². The number of benzene rings is 2. The third-order valence-corrected chi connectivity index (χ3v) is 5.45. The fourth-order valence-electron chi connectivity index (χ4n) is 2.81. The zero-order chi connectivity index (χ0) is 19.9. The number of amides is 3. The Labute approximate surface area is 170 Å². The lowest BCUT2D eigenvalue weighted by Crippen LogP contribution is -2.33. The third kappa shape index (κ3) is 3.89. The van der Waals surface area contributed by atoms with Crippen molar-refractivity contribution in [3.8, 4) is 0 Å². The molecule has 142 valence electrons. The fraction of sp³-hybridized carbons (Fsp3) is 0.222. The van der Waals surface area contributed by atoms with E-state index in [-0.39, 0.29) is 16.7 Å².